The fraction of sp³-hybridized carbons (Fsp3) is 0.467. The summed E-state index contributed by atoms with van der Waals surface area (Å²) in [5.41, 5.74) is 6.89. The van der Waals surface area contributed by atoms with E-state index in [4.69, 9.17) is 5.73 Å². The Morgan fingerprint density at radius 1 is 1.30 bits per heavy atom. The van der Waals surface area contributed by atoms with Crippen molar-refractivity contribution in [3.63, 3.8) is 0 Å². The maximum absolute atomic E-state index is 11.8. The molecule has 1 aromatic rings. The summed E-state index contributed by atoms with van der Waals surface area (Å²) >= 11 is 0. The molecule has 5 heteroatoms. The number of carbonyl (C=O) groups is 2. The van der Waals surface area contributed by atoms with E-state index in [-0.39, 0.29) is 24.3 Å². The van der Waals surface area contributed by atoms with E-state index in [0.717, 1.165) is 12.8 Å². The van der Waals surface area contributed by atoms with Crippen LogP contribution in [-0.2, 0) is 4.79 Å². The number of nitrogens with one attached hydrogen (secondary N) is 2. The van der Waals surface area contributed by atoms with E-state index in [1.54, 1.807) is 24.3 Å². The molecule has 2 amide bonds. The molecule has 0 aliphatic carbocycles. The summed E-state index contributed by atoms with van der Waals surface area (Å²) in [5.74, 6) is -0.265. The Morgan fingerprint density at radius 2 is 2.05 bits per heavy atom. The Bertz CT molecular complexity index is 460. The Labute approximate surface area is 119 Å². The molecule has 5 nitrogen and oxygen atoms in total. The molecular weight excluding hydrogens is 254 g/mol. The molecule has 0 aliphatic rings. The molecule has 0 saturated heterocycles. The van der Waals surface area contributed by atoms with Crippen molar-refractivity contribution in [2.75, 3.05) is 11.9 Å². The second-order valence-electron chi connectivity index (χ2n) is 4.76. The van der Waals surface area contributed by atoms with Gasteiger partial charge in [0, 0.05) is 30.3 Å². The number of hydrogen-bond donors (Lipinski definition) is 3. The highest BCUT2D eigenvalue weighted by atomic mass is 16.2. The first-order valence-corrected chi connectivity index (χ1v) is 7.00. The second-order valence-corrected chi connectivity index (χ2v) is 4.76. The van der Waals surface area contributed by atoms with Crippen molar-refractivity contribution < 1.29 is 9.59 Å². The van der Waals surface area contributed by atoms with Crippen LogP contribution in [-0.4, -0.2) is 24.4 Å². The van der Waals surface area contributed by atoms with Gasteiger partial charge in [-0.15, -0.1) is 0 Å². The van der Waals surface area contributed by atoms with Crippen LogP contribution in [0.3, 0.4) is 0 Å². The zero-order valence-corrected chi connectivity index (χ0v) is 12.1. The first-order valence-electron chi connectivity index (χ1n) is 7.00. The number of carbonyl (C=O) groups excluding carboxylic acids is 2. The van der Waals surface area contributed by atoms with Gasteiger partial charge >= 0.3 is 0 Å². The van der Waals surface area contributed by atoms with E-state index in [0.29, 0.717) is 17.8 Å². The SMILES string of the molecule is CCCNC(=O)c1cccc(NC(=O)CC(N)CC)c1. The monoisotopic (exact) mass is 277 g/mol. The molecule has 0 spiro atoms. The van der Waals surface area contributed by atoms with E-state index in [9.17, 15) is 9.59 Å². The van der Waals surface area contributed by atoms with Crippen molar-refractivity contribution in [3.8, 4) is 0 Å². The van der Waals surface area contributed by atoms with Crippen LogP contribution in [0, 0.1) is 0 Å². The number of nitrogens with two attached hydrogens (primary N) is 1. The highest BCUT2D eigenvalue weighted by molar-refractivity contribution is 5.97. The summed E-state index contributed by atoms with van der Waals surface area (Å²) in [7, 11) is 0. The third-order valence-corrected chi connectivity index (χ3v) is 2.92. The molecule has 0 heterocycles. The summed E-state index contributed by atoms with van der Waals surface area (Å²) in [6, 6.07) is 6.76. The average molecular weight is 277 g/mol. The molecule has 0 aliphatic heterocycles. The summed E-state index contributed by atoms with van der Waals surface area (Å²) < 4.78 is 0. The van der Waals surface area contributed by atoms with Gasteiger partial charge < -0.3 is 16.4 Å². The molecule has 0 radical (unpaired) electrons. The topological polar surface area (TPSA) is 84.2 Å². The first-order chi connectivity index (χ1) is 9.56. The van der Waals surface area contributed by atoms with Gasteiger partial charge in [-0.25, -0.2) is 0 Å². The predicted octanol–water partition coefficient (Wildman–Crippen LogP) is 1.89. The van der Waals surface area contributed by atoms with Gasteiger partial charge in [0.1, 0.15) is 0 Å². The minimum Gasteiger partial charge on any atom is -0.352 e. The molecule has 20 heavy (non-hydrogen) atoms. The Morgan fingerprint density at radius 3 is 2.70 bits per heavy atom. The fourth-order valence-electron chi connectivity index (χ4n) is 1.67. The Kier molecular flexibility index (Phi) is 6.73. The van der Waals surface area contributed by atoms with Crippen molar-refractivity contribution in [1.82, 2.24) is 5.32 Å². The molecule has 1 unspecified atom stereocenters. The zero-order valence-electron chi connectivity index (χ0n) is 12.1. The Hall–Kier alpha value is -1.88. The maximum atomic E-state index is 11.8. The number of rotatable bonds is 7. The van der Waals surface area contributed by atoms with Crippen molar-refractivity contribution in [3.05, 3.63) is 29.8 Å². The average Bonchev–Trinajstić information content (AvgIpc) is 2.44. The van der Waals surface area contributed by atoms with Gasteiger partial charge in [0.15, 0.2) is 0 Å². The van der Waals surface area contributed by atoms with Gasteiger partial charge in [-0.05, 0) is 31.0 Å². The maximum Gasteiger partial charge on any atom is 0.251 e. The summed E-state index contributed by atoms with van der Waals surface area (Å²) in [6.45, 7) is 4.57. The lowest BCUT2D eigenvalue weighted by atomic mass is 10.1. The van der Waals surface area contributed by atoms with Crippen LogP contribution in [0.4, 0.5) is 5.69 Å². The number of hydrogen-bond acceptors (Lipinski definition) is 3. The van der Waals surface area contributed by atoms with Crippen molar-refractivity contribution >= 4 is 17.5 Å². The van der Waals surface area contributed by atoms with Crippen LogP contribution in [0.25, 0.3) is 0 Å². The van der Waals surface area contributed by atoms with Crippen molar-refractivity contribution in [2.24, 2.45) is 5.73 Å². The lowest BCUT2D eigenvalue weighted by Crippen LogP contribution is -2.26. The highest BCUT2D eigenvalue weighted by Crippen LogP contribution is 2.11. The quantitative estimate of drug-likeness (QED) is 0.711. The molecule has 1 atom stereocenters. The van der Waals surface area contributed by atoms with Gasteiger partial charge in [-0.2, -0.15) is 0 Å². The van der Waals surface area contributed by atoms with Gasteiger partial charge in [0.2, 0.25) is 5.91 Å². The van der Waals surface area contributed by atoms with E-state index >= 15 is 0 Å². The lowest BCUT2D eigenvalue weighted by Gasteiger charge is -2.10. The van der Waals surface area contributed by atoms with Crippen LogP contribution < -0.4 is 16.4 Å². The first kappa shape index (κ1) is 16.2. The van der Waals surface area contributed by atoms with Crippen LogP contribution in [0.1, 0.15) is 43.5 Å². The number of anilines is 1. The van der Waals surface area contributed by atoms with Gasteiger partial charge in [-0.3, -0.25) is 9.59 Å². The molecule has 1 rings (SSSR count). The molecule has 4 N–H and O–H groups in total. The smallest absolute Gasteiger partial charge is 0.251 e. The molecule has 0 fully saturated rings. The van der Waals surface area contributed by atoms with E-state index in [1.807, 2.05) is 13.8 Å². The normalized spacial score (nSPS) is 11.8. The molecular formula is C15H23N3O2. The second kappa shape index (κ2) is 8.32. The summed E-state index contributed by atoms with van der Waals surface area (Å²) in [4.78, 5) is 23.6. The molecule has 1 aromatic carbocycles. The largest absolute Gasteiger partial charge is 0.352 e. The number of benzene rings is 1. The number of amides is 2. The van der Waals surface area contributed by atoms with Crippen molar-refractivity contribution in [1.29, 1.82) is 0 Å². The Balaban J connectivity index is 2.63. The fourth-order valence-corrected chi connectivity index (χ4v) is 1.67. The highest BCUT2D eigenvalue weighted by Gasteiger charge is 2.09. The van der Waals surface area contributed by atoms with Gasteiger partial charge in [-0.1, -0.05) is 19.9 Å². The molecule has 0 aromatic heterocycles. The van der Waals surface area contributed by atoms with Crippen LogP contribution in [0.15, 0.2) is 24.3 Å². The van der Waals surface area contributed by atoms with Gasteiger partial charge in [0.05, 0.1) is 0 Å². The molecule has 0 bridgehead atoms. The summed E-state index contributed by atoms with van der Waals surface area (Å²) in [5, 5.41) is 5.56. The summed E-state index contributed by atoms with van der Waals surface area (Å²) in [6.07, 6.45) is 1.92. The minimum atomic E-state index is -0.134. The lowest BCUT2D eigenvalue weighted by molar-refractivity contribution is -0.116. The van der Waals surface area contributed by atoms with Crippen LogP contribution in [0.5, 0.6) is 0 Å². The zero-order chi connectivity index (χ0) is 15.0. The standard InChI is InChI=1S/C15H23N3O2/c1-3-8-17-15(20)11-6-5-7-13(9-11)18-14(19)10-12(16)4-2/h5-7,9,12H,3-4,8,10,16H2,1-2H3,(H,17,20)(H,18,19). The molecule has 0 saturated carbocycles. The predicted molar refractivity (Wildman–Crippen MR) is 80.6 cm³/mol. The van der Waals surface area contributed by atoms with Gasteiger partial charge in [0.25, 0.3) is 5.91 Å². The minimum absolute atomic E-state index is 0.131. The van der Waals surface area contributed by atoms with Crippen LogP contribution >= 0.6 is 0 Å². The van der Waals surface area contributed by atoms with E-state index < -0.39 is 0 Å². The van der Waals surface area contributed by atoms with Crippen LogP contribution in [0.2, 0.25) is 0 Å². The van der Waals surface area contributed by atoms with E-state index in [1.165, 1.54) is 0 Å². The third kappa shape index (κ3) is 5.40. The third-order valence-electron chi connectivity index (χ3n) is 2.92. The van der Waals surface area contributed by atoms with E-state index in [2.05, 4.69) is 10.6 Å². The van der Waals surface area contributed by atoms with Crippen molar-refractivity contribution in [2.45, 2.75) is 39.2 Å². The molecule has 110 valence electrons.